The summed E-state index contributed by atoms with van der Waals surface area (Å²) in [5, 5.41) is 47.9. The first-order valence-electron chi connectivity index (χ1n) is 23.7. The maximum absolute atomic E-state index is 11.0. The van der Waals surface area contributed by atoms with E-state index in [1.165, 1.54) is 44.5 Å². The second kappa shape index (κ2) is 14.6. The molecule has 70 heavy (non-hydrogen) atoms. The summed E-state index contributed by atoms with van der Waals surface area (Å²) in [4.78, 5) is 0. The summed E-state index contributed by atoms with van der Waals surface area (Å²) in [6, 6.07) is 64.7. The van der Waals surface area contributed by atoms with Crippen molar-refractivity contribution in [3.63, 3.8) is 0 Å². The van der Waals surface area contributed by atoms with Crippen molar-refractivity contribution >= 4 is 54.9 Å². The van der Waals surface area contributed by atoms with E-state index in [0.717, 1.165) is 65.9 Å². The first-order valence-corrected chi connectivity index (χ1v) is 23.7. The molecule has 0 N–H and O–H groups in total. The molecule has 0 radical (unpaired) electrons. The summed E-state index contributed by atoms with van der Waals surface area (Å²) in [6.07, 6.45) is 2.37. The van der Waals surface area contributed by atoms with Gasteiger partial charge in [-0.05, 0) is 128 Å². The Balaban J connectivity index is 0.906. The zero-order valence-corrected chi connectivity index (χ0v) is 39.1. The van der Waals surface area contributed by atoms with Crippen LogP contribution in [0.3, 0.4) is 0 Å². The van der Waals surface area contributed by atoms with E-state index in [4.69, 9.17) is 0 Å². The number of nitrogens with zero attached hydrogens (tertiary/aromatic N) is 6. The number of benzene rings is 8. The number of allylic oxidation sites excluding steroid dienone is 4. The highest BCUT2D eigenvalue weighted by molar-refractivity contribution is 6.14. The fraction of sp³-hybridized carbons (Fsp3) is 0.125. The minimum atomic E-state index is -0.598. The number of para-hydroxylation sites is 2. The van der Waals surface area contributed by atoms with Crippen LogP contribution < -0.4 is 0 Å². The summed E-state index contributed by atoms with van der Waals surface area (Å²) in [5.41, 5.74) is 19.2. The molecule has 0 aliphatic heterocycles. The smallest absolute Gasteiger partial charge is 0.101 e. The molecule has 3 aliphatic carbocycles. The lowest BCUT2D eigenvalue weighted by Gasteiger charge is -2.25. The molecule has 1 atom stereocenters. The van der Waals surface area contributed by atoms with Gasteiger partial charge in [0.1, 0.15) is 18.2 Å². The molecular weight excluding hydrogens is 853 g/mol. The van der Waals surface area contributed by atoms with Crippen LogP contribution in [0.2, 0.25) is 0 Å². The quantitative estimate of drug-likeness (QED) is 0.175. The highest BCUT2D eigenvalue weighted by atomic mass is 15.0. The maximum Gasteiger partial charge on any atom is 0.101 e. The van der Waals surface area contributed by atoms with Gasteiger partial charge in [-0.1, -0.05) is 137 Å². The predicted octanol–water partition coefficient (Wildman–Crippen LogP) is 15.3. The van der Waals surface area contributed by atoms with E-state index in [9.17, 15) is 21.0 Å². The largest absolute Gasteiger partial charge is 0.310 e. The van der Waals surface area contributed by atoms with Crippen LogP contribution in [-0.2, 0) is 10.8 Å². The standard InChI is InChI=1S/C64H42N6/c1-63(2)53-17-9-5-13-45(53)49-29-51-47-15-7-11-19-57(47)69(59(51)31-55(49)63)61-41(33-65)25-39(26-42(61)34-66)37-21-23-38(24-22-37)40-27-43(35-67)62(44(28-40)36-68)70-58-20-12-8-16-48(58)52-30-50-46-14-6-10-18-54(46)64(3,4)56(50)32-60(52)70/h5-27,29-32,44H,28H2,1-4H3. The minimum absolute atomic E-state index is 0.221. The number of nitriles is 4. The topological polar surface area (TPSA) is 105 Å². The Morgan fingerprint density at radius 3 is 1.46 bits per heavy atom. The van der Waals surface area contributed by atoms with Gasteiger partial charge in [-0.2, -0.15) is 21.0 Å². The van der Waals surface area contributed by atoms with E-state index in [1.54, 1.807) is 0 Å². The average Bonchev–Trinajstić information content (AvgIpc) is 4.04. The van der Waals surface area contributed by atoms with Crippen LogP contribution in [0.5, 0.6) is 0 Å². The monoisotopic (exact) mass is 894 g/mol. The van der Waals surface area contributed by atoms with Gasteiger partial charge in [0.2, 0.25) is 0 Å². The summed E-state index contributed by atoms with van der Waals surface area (Å²) in [7, 11) is 0. The third kappa shape index (κ3) is 5.51. The predicted molar refractivity (Wildman–Crippen MR) is 281 cm³/mol. The zero-order valence-electron chi connectivity index (χ0n) is 39.1. The highest BCUT2D eigenvalue weighted by Crippen LogP contribution is 2.53. The number of fused-ring (bicyclic) bond motifs is 12. The third-order valence-electron chi connectivity index (χ3n) is 15.8. The molecule has 1 unspecified atom stereocenters. The molecule has 3 aliphatic rings. The van der Waals surface area contributed by atoms with Crippen molar-refractivity contribution in [1.82, 2.24) is 9.13 Å². The molecule has 2 heterocycles. The van der Waals surface area contributed by atoms with E-state index >= 15 is 0 Å². The lowest BCUT2D eigenvalue weighted by Crippen LogP contribution is -2.16. The third-order valence-corrected chi connectivity index (χ3v) is 15.8. The number of rotatable bonds is 4. The van der Waals surface area contributed by atoms with Crippen LogP contribution in [0.25, 0.3) is 93.9 Å². The van der Waals surface area contributed by atoms with Crippen LogP contribution in [0, 0.1) is 51.2 Å². The fourth-order valence-electron chi connectivity index (χ4n) is 12.4. The van der Waals surface area contributed by atoms with E-state index in [-0.39, 0.29) is 10.8 Å². The van der Waals surface area contributed by atoms with E-state index in [2.05, 4.69) is 158 Å². The molecule has 0 amide bonds. The van der Waals surface area contributed by atoms with Gasteiger partial charge in [-0.25, -0.2) is 0 Å². The van der Waals surface area contributed by atoms with Gasteiger partial charge in [0.25, 0.3) is 0 Å². The second-order valence-electron chi connectivity index (χ2n) is 20.1. The number of hydrogen-bond donors (Lipinski definition) is 0. The van der Waals surface area contributed by atoms with Gasteiger partial charge in [0, 0.05) is 32.4 Å². The lowest BCUT2D eigenvalue weighted by molar-refractivity contribution is 0.661. The van der Waals surface area contributed by atoms with E-state index in [0.29, 0.717) is 34.5 Å². The van der Waals surface area contributed by atoms with Crippen LogP contribution in [-0.4, -0.2) is 9.13 Å². The Morgan fingerprint density at radius 2 is 0.929 bits per heavy atom. The molecule has 0 saturated heterocycles. The summed E-state index contributed by atoms with van der Waals surface area (Å²) in [5.74, 6) is -0.598. The highest BCUT2D eigenvalue weighted by Gasteiger charge is 2.38. The zero-order chi connectivity index (χ0) is 47.8. The lowest BCUT2D eigenvalue weighted by atomic mass is 9.82. The molecule has 0 saturated carbocycles. The molecule has 0 spiro atoms. The molecule has 0 fully saturated rings. The number of aromatic nitrogens is 2. The summed E-state index contributed by atoms with van der Waals surface area (Å²) < 4.78 is 4.28. The number of hydrogen-bond acceptors (Lipinski definition) is 4. The molecular formula is C64H42N6. The van der Waals surface area contributed by atoms with E-state index in [1.807, 2.05) is 66.7 Å². The van der Waals surface area contributed by atoms with E-state index < -0.39 is 5.92 Å². The average molecular weight is 895 g/mol. The Hall–Kier alpha value is -9.20. The molecule has 328 valence electrons. The van der Waals surface area contributed by atoms with Crippen molar-refractivity contribution in [3.05, 3.63) is 208 Å². The fourth-order valence-corrected chi connectivity index (χ4v) is 12.4. The van der Waals surface area contributed by atoms with Gasteiger partial charge in [-0.3, -0.25) is 0 Å². The maximum atomic E-state index is 11.0. The van der Waals surface area contributed by atoms with Crippen LogP contribution in [0.15, 0.2) is 169 Å². The Kier molecular flexibility index (Phi) is 8.59. The van der Waals surface area contributed by atoms with Crippen molar-refractivity contribution in [3.8, 4) is 63.3 Å². The molecule has 8 aromatic carbocycles. The molecule has 10 aromatic rings. The Labute approximate surface area is 405 Å². The molecule has 6 heteroatoms. The molecule has 0 bridgehead atoms. The van der Waals surface area contributed by atoms with Gasteiger partial charge in [0.15, 0.2) is 0 Å². The van der Waals surface area contributed by atoms with Crippen LogP contribution in [0.1, 0.15) is 73.1 Å². The van der Waals surface area contributed by atoms with Crippen molar-refractivity contribution in [2.75, 3.05) is 0 Å². The first-order chi connectivity index (χ1) is 34.0. The van der Waals surface area contributed by atoms with Crippen molar-refractivity contribution in [1.29, 1.82) is 21.0 Å². The van der Waals surface area contributed by atoms with Gasteiger partial charge in [0.05, 0.1) is 62.1 Å². The van der Waals surface area contributed by atoms with Crippen LogP contribution in [0.4, 0.5) is 0 Å². The minimum Gasteiger partial charge on any atom is -0.310 e. The first kappa shape index (κ1) is 41.0. The van der Waals surface area contributed by atoms with Crippen molar-refractivity contribution in [2.24, 2.45) is 5.92 Å². The molecule has 6 nitrogen and oxygen atoms in total. The Bertz CT molecular complexity index is 4210. The SMILES string of the molecule is CC1(C)c2ccccc2-c2cc3c4ccccc4n(C4=C(C#N)C=C(c5ccc(-c6cc(C#N)c(-n7c8ccccc8c8cc9c(cc87)C(C)(C)c7ccccc7-9)c(C#N)c6)cc5)CC4C#N)c3cc21. The van der Waals surface area contributed by atoms with Crippen LogP contribution >= 0.6 is 0 Å². The van der Waals surface area contributed by atoms with Crippen molar-refractivity contribution in [2.45, 2.75) is 44.9 Å². The van der Waals surface area contributed by atoms with Gasteiger partial charge >= 0.3 is 0 Å². The molecule has 13 rings (SSSR count). The van der Waals surface area contributed by atoms with Gasteiger partial charge < -0.3 is 9.13 Å². The molecule has 2 aromatic heterocycles. The summed E-state index contributed by atoms with van der Waals surface area (Å²) >= 11 is 0. The second-order valence-corrected chi connectivity index (χ2v) is 20.1. The van der Waals surface area contributed by atoms with Gasteiger partial charge in [-0.15, -0.1) is 0 Å². The summed E-state index contributed by atoms with van der Waals surface area (Å²) in [6.45, 7) is 9.06. The normalized spacial score (nSPS) is 16.0. The Morgan fingerprint density at radius 1 is 0.443 bits per heavy atom. The van der Waals surface area contributed by atoms with Crippen molar-refractivity contribution < 1.29 is 0 Å².